The van der Waals surface area contributed by atoms with Gasteiger partial charge >= 0.3 is 5.97 Å². The number of esters is 1. The highest BCUT2D eigenvalue weighted by molar-refractivity contribution is 5.87. The second-order valence-electron chi connectivity index (χ2n) is 6.64. The monoisotopic (exact) mass is 337 g/mol. The largest absolute Gasteiger partial charge is 0.467 e. The van der Waals surface area contributed by atoms with Crippen LogP contribution in [-0.2, 0) is 19.1 Å². The van der Waals surface area contributed by atoms with Gasteiger partial charge in [-0.05, 0) is 31.1 Å². The summed E-state index contributed by atoms with van der Waals surface area (Å²) >= 11 is 0. The van der Waals surface area contributed by atoms with E-state index in [1.54, 1.807) is 0 Å². The molecule has 1 saturated carbocycles. The Hall–Kier alpha value is -1.65. The quantitative estimate of drug-likeness (QED) is 0.518. The normalized spacial score (nSPS) is 23.2. The molecule has 2 unspecified atom stereocenters. The maximum atomic E-state index is 12.4. The van der Waals surface area contributed by atoms with Crippen LogP contribution in [0.4, 0.5) is 0 Å². The molecule has 1 N–H and O–H groups in total. The number of hydrogen-bond acceptors (Lipinski definition) is 4. The summed E-state index contributed by atoms with van der Waals surface area (Å²) in [5, 5.41) is 2.81. The van der Waals surface area contributed by atoms with Crippen molar-refractivity contribution >= 4 is 17.7 Å². The Labute approximate surface area is 145 Å². The molecule has 0 aromatic heterocycles. The van der Waals surface area contributed by atoms with Crippen molar-refractivity contribution in [3.05, 3.63) is 12.2 Å². The summed E-state index contributed by atoms with van der Waals surface area (Å²) in [5.41, 5.74) is 0. The molecule has 5 heteroatoms. The van der Waals surface area contributed by atoms with Gasteiger partial charge in [0.1, 0.15) is 11.8 Å². The van der Waals surface area contributed by atoms with Gasteiger partial charge in [0.05, 0.1) is 7.11 Å². The van der Waals surface area contributed by atoms with Gasteiger partial charge in [-0.3, -0.25) is 9.59 Å². The Kier molecular flexibility index (Phi) is 8.72. The maximum absolute atomic E-state index is 12.4. The van der Waals surface area contributed by atoms with E-state index in [1.807, 2.05) is 19.9 Å². The molecule has 0 aromatic carbocycles. The van der Waals surface area contributed by atoms with Gasteiger partial charge in [0.15, 0.2) is 0 Å². The molecular formula is C19H31NO4. The van der Waals surface area contributed by atoms with Crippen molar-refractivity contribution in [1.29, 1.82) is 0 Å². The average Bonchev–Trinajstić information content (AvgIpc) is 2.91. The average molecular weight is 337 g/mol. The third-order valence-electron chi connectivity index (χ3n) is 4.97. The molecule has 1 aliphatic carbocycles. The first-order valence-electron chi connectivity index (χ1n) is 8.99. The number of rotatable bonds is 9. The minimum Gasteiger partial charge on any atom is -0.467 e. The zero-order valence-electron chi connectivity index (χ0n) is 15.3. The zero-order valence-corrected chi connectivity index (χ0v) is 15.3. The molecule has 0 bridgehead atoms. The smallest absolute Gasteiger partial charge is 0.328 e. The number of methoxy groups -OCH3 is 1. The van der Waals surface area contributed by atoms with Crippen LogP contribution in [-0.4, -0.2) is 30.8 Å². The molecule has 1 aliphatic rings. The zero-order chi connectivity index (χ0) is 18.1. The van der Waals surface area contributed by atoms with Gasteiger partial charge in [0.25, 0.3) is 0 Å². The van der Waals surface area contributed by atoms with E-state index >= 15 is 0 Å². The molecular weight excluding hydrogens is 306 g/mol. The van der Waals surface area contributed by atoms with Gasteiger partial charge in [-0.1, -0.05) is 39.3 Å². The first-order chi connectivity index (χ1) is 11.4. The van der Waals surface area contributed by atoms with Crippen LogP contribution in [0.15, 0.2) is 12.2 Å². The molecule has 0 aliphatic heterocycles. The van der Waals surface area contributed by atoms with E-state index in [-0.39, 0.29) is 29.4 Å². The summed E-state index contributed by atoms with van der Waals surface area (Å²) in [6, 6.07) is -0.622. The summed E-state index contributed by atoms with van der Waals surface area (Å²) in [6.45, 7) is 5.94. The highest BCUT2D eigenvalue weighted by Gasteiger charge is 2.36. The Bertz CT molecular complexity index is 472. The van der Waals surface area contributed by atoms with Crippen LogP contribution in [0.1, 0.15) is 59.3 Å². The Morgan fingerprint density at radius 2 is 2.04 bits per heavy atom. The minimum absolute atomic E-state index is 0.00916. The molecule has 1 amide bonds. The number of amides is 1. The fraction of sp³-hybridized carbons (Fsp3) is 0.737. The molecule has 0 heterocycles. The number of Topliss-reactive ketones (excluding diaryl/α,β-unsaturated/α-hetero) is 1. The van der Waals surface area contributed by atoms with Crippen LogP contribution in [0.5, 0.6) is 0 Å². The second kappa shape index (κ2) is 10.3. The summed E-state index contributed by atoms with van der Waals surface area (Å²) in [7, 11) is 1.33. The third-order valence-corrected chi connectivity index (χ3v) is 4.97. The van der Waals surface area contributed by atoms with Crippen LogP contribution < -0.4 is 5.32 Å². The Morgan fingerprint density at radius 3 is 2.62 bits per heavy atom. The lowest BCUT2D eigenvalue weighted by atomic mass is 9.89. The topological polar surface area (TPSA) is 72.5 Å². The van der Waals surface area contributed by atoms with Crippen LogP contribution in [0, 0.1) is 17.8 Å². The fourth-order valence-electron chi connectivity index (χ4n) is 3.22. The van der Waals surface area contributed by atoms with Crippen molar-refractivity contribution in [3.63, 3.8) is 0 Å². The summed E-state index contributed by atoms with van der Waals surface area (Å²) in [5.74, 6) is -0.333. The van der Waals surface area contributed by atoms with E-state index in [4.69, 9.17) is 4.74 Å². The molecule has 5 nitrogen and oxygen atoms in total. The van der Waals surface area contributed by atoms with Crippen molar-refractivity contribution in [3.8, 4) is 0 Å². The SMILES string of the molecule is CC/C=C\C[C@@H]1C(=O)CC[C@@H]1CC(=O)NC(C(=O)OC)C(C)CC. The summed E-state index contributed by atoms with van der Waals surface area (Å²) < 4.78 is 4.79. The number of nitrogens with one attached hydrogen (secondary N) is 1. The van der Waals surface area contributed by atoms with E-state index in [2.05, 4.69) is 18.3 Å². The maximum Gasteiger partial charge on any atom is 0.328 e. The van der Waals surface area contributed by atoms with Crippen molar-refractivity contribution in [2.45, 2.75) is 65.3 Å². The van der Waals surface area contributed by atoms with Gasteiger partial charge in [-0.25, -0.2) is 4.79 Å². The number of allylic oxidation sites excluding steroid dienone is 2. The number of ether oxygens (including phenoxy) is 1. The molecule has 0 radical (unpaired) electrons. The number of carbonyl (C=O) groups excluding carboxylic acids is 3. The first kappa shape index (κ1) is 20.4. The predicted molar refractivity (Wildman–Crippen MR) is 93.3 cm³/mol. The molecule has 1 fully saturated rings. The van der Waals surface area contributed by atoms with E-state index in [9.17, 15) is 14.4 Å². The number of ketones is 1. The van der Waals surface area contributed by atoms with Crippen molar-refractivity contribution in [1.82, 2.24) is 5.32 Å². The number of hydrogen-bond donors (Lipinski definition) is 1. The van der Waals surface area contributed by atoms with E-state index in [1.165, 1.54) is 7.11 Å². The molecule has 136 valence electrons. The lowest BCUT2D eigenvalue weighted by Crippen LogP contribution is -2.46. The van der Waals surface area contributed by atoms with Crippen LogP contribution in [0.3, 0.4) is 0 Å². The standard InChI is InChI=1S/C19H31NO4/c1-5-7-8-9-15-14(10-11-16(15)21)12-17(22)20-18(13(3)6-2)19(23)24-4/h7-8,13-15,18H,5-6,9-12H2,1-4H3,(H,20,22)/b8-7-/t13?,14-,15+,18?/m1/s1. The highest BCUT2D eigenvalue weighted by Crippen LogP contribution is 2.34. The molecule has 24 heavy (non-hydrogen) atoms. The fourth-order valence-corrected chi connectivity index (χ4v) is 3.22. The molecule has 0 saturated heterocycles. The lowest BCUT2D eigenvalue weighted by molar-refractivity contribution is -0.146. The lowest BCUT2D eigenvalue weighted by Gasteiger charge is -2.23. The Morgan fingerprint density at radius 1 is 1.33 bits per heavy atom. The van der Waals surface area contributed by atoms with Gasteiger partial charge < -0.3 is 10.1 Å². The molecule has 4 atom stereocenters. The first-order valence-corrected chi connectivity index (χ1v) is 8.99. The third kappa shape index (κ3) is 5.77. The van der Waals surface area contributed by atoms with Crippen molar-refractivity contribution in [2.75, 3.05) is 7.11 Å². The molecule has 0 spiro atoms. The summed E-state index contributed by atoms with van der Waals surface area (Å²) in [4.78, 5) is 36.3. The minimum atomic E-state index is -0.622. The summed E-state index contributed by atoms with van der Waals surface area (Å²) in [6.07, 6.45) is 8.11. The van der Waals surface area contributed by atoms with Crippen LogP contribution in [0.25, 0.3) is 0 Å². The van der Waals surface area contributed by atoms with Gasteiger partial charge in [-0.2, -0.15) is 0 Å². The van der Waals surface area contributed by atoms with Gasteiger partial charge in [0.2, 0.25) is 5.91 Å². The van der Waals surface area contributed by atoms with Crippen LogP contribution in [0.2, 0.25) is 0 Å². The Balaban J connectivity index is 2.65. The van der Waals surface area contributed by atoms with Crippen molar-refractivity contribution in [2.24, 2.45) is 17.8 Å². The van der Waals surface area contributed by atoms with Gasteiger partial charge in [-0.15, -0.1) is 0 Å². The van der Waals surface area contributed by atoms with E-state index in [0.29, 0.717) is 19.3 Å². The predicted octanol–water partition coefficient (Wildman–Crippen LogP) is 3.03. The molecule has 1 rings (SSSR count). The second-order valence-corrected chi connectivity index (χ2v) is 6.64. The van der Waals surface area contributed by atoms with E-state index < -0.39 is 12.0 Å². The number of carbonyl (C=O) groups is 3. The van der Waals surface area contributed by atoms with Crippen LogP contribution >= 0.6 is 0 Å². The van der Waals surface area contributed by atoms with E-state index in [0.717, 1.165) is 19.3 Å². The highest BCUT2D eigenvalue weighted by atomic mass is 16.5. The van der Waals surface area contributed by atoms with Crippen molar-refractivity contribution < 1.29 is 19.1 Å². The molecule has 0 aromatic rings. The van der Waals surface area contributed by atoms with Gasteiger partial charge in [0, 0.05) is 18.8 Å².